The molecule has 1 aliphatic heterocycles. The summed E-state index contributed by atoms with van der Waals surface area (Å²) >= 11 is 0. The number of carbonyl (C=O) groups excluding carboxylic acids is 1. The highest BCUT2D eigenvalue weighted by Crippen LogP contribution is 2.14. The molecule has 0 saturated carbocycles. The Bertz CT molecular complexity index is 281. The molecule has 0 aromatic carbocycles. The number of ketones is 1. The molecule has 1 aliphatic rings. The zero-order chi connectivity index (χ0) is 9.35. The highest BCUT2D eigenvalue weighted by atomic mass is 32.2. The van der Waals surface area contributed by atoms with Gasteiger partial charge in [-0.25, -0.2) is 8.42 Å². The predicted molar refractivity (Wildman–Crippen MR) is 45.3 cm³/mol. The molecule has 0 radical (unpaired) electrons. The van der Waals surface area contributed by atoms with E-state index in [1.54, 1.807) is 0 Å². The van der Waals surface area contributed by atoms with E-state index in [-0.39, 0.29) is 17.6 Å². The normalized spacial score (nSPS) is 24.8. The first-order chi connectivity index (χ1) is 5.43. The van der Waals surface area contributed by atoms with Crippen LogP contribution in [0.15, 0.2) is 0 Å². The molecule has 0 aromatic rings. The van der Waals surface area contributed by atoms with Crippen molar-refractivity contribution in [3.05, 3.63) is 0 Å². The summed E-state index contributed by atoms with van der Waals surface area (Å²) in [4.78, 5) is 10.8. The fourth-order valence-electron chi connectivity index (χ4n) is 1.31. The van der Waals surface area contributed by atoms with Crippen molar-refractivity contribution in [3.8, 4) is 0 Å². The van der Waals surface area contributed by atoms with E-state index in [1.807, 2.05) is 13.8 Å². The highest BCUT2D eigenvalue weighted by Gasteiger charge is 2.31. The summed E-state index contributed by atoms with van der Waals surface area (Å²) in [6.07, 6.45) is 0.359. The van der Waals surface area contributed by atoms with Crippen LogP contribution in [0.5, 0.6) is 0 Å². The first kappa shape index (κ1) is 9.67. The molecule has 0 spiro atoms. The maximum atomic E-state index is 11.3. The topological polar surface area (TPSA) is 54.5 Å². The van der Waals surface area contributed by atoms with Crippen LogP contribution in [-0.4, -0.2) is 36.8 Å². The second kappa shape index (κ2) is 3.14. The average Bonchev–Trinajstić information content (AvgIpc) is 1.82. The van der Waals surface area contributed by atoms with Crippen LogP contribution in [0.2, 0.25) is 0 Å². The minimum atomic E-state index is -3.29. The second-order valence-corrected chi connectivity index (χ2v) is 5.17. The molecule has 70 valence electrons. The van der Waals surface area contributed by atoms with Crippen LogP contribution in [0.25, 0.3) is 0 Å². The Morgan fingerprint density at radius 1 is 1.42 bits per heavy atom. The summed E-state index contributed by atoms with van der Waals surface area (Å²) < 4.78 is 24.1. The molecule has 0 aliphatic carbocycles. The van der Waals surface area contributed by atoms with Crippen molar-refractivity contribution in [2.45, 2.75) is 26.3 Å². The van der Waals surface area contributed by atoms with Crippen molar-refractivity contribution in [2.75, 3.05) is 12.3 Å². The molecule has 4 nitrogen and oxygen atoms in total. The number of carbonyl (C=O) groups is 1. The van der Waals surface area contributed by atoms with Gasteiger partial charge in [-0.1, -0.05) is 0 Å². The van der Waals surface area contributed by atoms with Gasteiger partial charge in [-0.15, -0.1) is 0 Å². The first-order valence-electron chi connectivity index (χ1n) is 3.94. The van der Waals surface area contributed by atoms with Crippen molar-refractivity contribution in [1.29, 1.82) is 0 Å². The summed E-state index contributed by atoms with van der Waals surface area (Å²) in [6.45, 7) is 3.97. The van der Waals surface area contributed by atoms with Crippen LogP contribution in [-0.2, 0) is 14.8 Å². The predicted octanol–water partition coefficient (Wildman–Crippen LogP) is -0.000600. The van der Waals surface area contributed by atoms with Gasteiger partial charge in [0.15, 0.2) is 5.78 Å². The molecule has 0 bridgehead atoms. The van der Waals surface area contributed by atoms with Gasteiger partial charge in [-0.05, 0) is 13.8 Å². The summed E-state index contributed by atoms with van der Waals surface area (Å²) in [5.74, 6) is -0.488. The summed E-state index contributed by atoms with van der Waals surface area (Å²) in [7, 11) is -3.29. The van der Waals surface area contributed by atoms with Crippen LogP contribution in [0, 0.1) is 0 Å². The molecule has 1 fully saturated rings. The number of nitrogens with zero attached hydrogens (tertiary/aromatic N) is 1. The van der Waals surface area contributed by atoms with Gasteiger partial charge in [0.1, 0.15) is 5.75 Å². The maximum Gasteiger partial charge on any atom is 0.221 e. The second-order valence-electron chi connectivity index (χ2n) is 3.25. The van der Waals surface area contributed by atoms with Gasteiger partial charge < -0.3 is 0 Å². The van der Waals surface area contributed by atoms with Crippen LogP contribution >= 0.6 is 0 Å². The Morgan fingerprint density at radius 3 is 2.42 bits per heavy atom. The van der Waals surface area contributed by atoms with E-state index >= 15 is 0 Å². The quantitative estimate of drug-likeness (QED) is 0.586. The third-order valence-corrected chi connectivity index (χ3v) is 3.89. The molecular weight excluding hydrogens is 178 g/mol. The molecule has 0 N–H and O–H groups in total. The van der Waals surface area contributed by atoms with Gasteiger partial charge in [-0.2, -0.15) is 4.31 Å². The maximum absolute atomic E-state index is 11.3. The molecule has 0 unspecified atom stereocenters. The third kappa shape index (κ3) is 1.84. The van der Waals surface area contributed by atoms with Crippen LogP contribution < -0.4 is 0 Å². The average molecular weight is 191 g/mol. The van der Waals surface area contributed by atoms with E-state index in [0.717, 1.165) is 0 Å². The Morgan fingerprint density at radius 2 is 2.00 bits per heavy atom. The SMILES string of the molecule is CC(C)N1CCC(=O)CS1(=O)=O. The van der Waals surface area contributed by atoms with Crippen molar-refractivity contribution < 1.29 is 13.2 Å². The van der Waals surface area contributed by atoms with Crippen molar-refractivity contribution in [1.82, 2.24) is 4.31 Å². The summed E-state index contributed by atoms with van der Waals surface area (Å²) in [5, 5.41) is 0. The van der Waals surface area contributed by atoms with Gasteiger partial charge in [0.25, 0.3) is 0 Å². The lowest BCUT2D eigenvalue weighted by atomic mass is 10.3. The fourth-order valence-corrected chi connectivity index (χ4v) is 3.04. The minimum absolute atomic E-state index is 0.0388. The monoisotopic (exact) mass is 191 g/mol. The van der Waals surface area contributed by atoms with Gasteiger partial charge >= 0.3 is 0 Å². The lowest BCUT2D eigenvalue weighted by Gasteiger charge is -2.28. The highest BCUT2D eigenvalue weighted by molar-refractivity contribution is 7.89. The largest absolute Gasteiger partial charge is 0.298 e. The number of rotatable bonds is 1. The fraction of sp³-hybridized carbons (Fsp3) is 0.857. The first-order valence-corrected chi connectivity index (χ1v) is 5.55. The Hall–Kier alpha value is -0.420. The third-order valence-electron chi connectivity index (χ3n) is 1.89. The smallest absolute Gasteiger partial charge is 0.221 e. The van der Waals surface area contributed by atoms with E-state index in [0.29, 0.717) is 13.0 Å². The summed E-state index contributed by atoms with van der Waals surface area (Å²) in [6, 6.07) is -0.0388. The van der Waals surface area contributed by atoms with E-state index in [1.165, 1.54) is 4.31 Å². The van der Waals surface area contributed by atoms with E-state index in [9.17, 15) is 13.2 Å². The lowest BCUT2D eigenvalue weighted by Crippen LogP contribution is -2.45. The van der Waals surface area contributed by atoms with E-state index in [2.05, 4.69) is 0 Å². The van der Waals surface area contributed by atoms with E-state index in [4.69, 9.17) is 0 Å². The molecule has 1 saturated heterocycles. The Balaban J connectivity index is 2.86. The molecule has 1 rings (SSSR count). The van der Waals surface area contributed by atoms with Gasteiger partial charge in [0.05, 0.1) is 0 Å². The minimum Gasteiger partial charge on any atom is -0.298 e. The molecule has 0 aromatic heterocycles. The van der Waals surface area contributed by atoms with Crippen LogP contribution in [0.1, 0.15) is 20.3 Å². The Labute approximate surface area is 72.6 Å². The number of sulfonamides is 1. The molecular formula is C7H13NO3S. The van der Waals surface area contributed by atoms with Crippen LogP contribution in [0.3, 0.4) is 0 Å². The van der Waals surface area contributed by atoms with Gasteiger partial charge in [0, 0.05) is 19.0 Å². The molecule has 12 heavy (non-hydrogen) atoms. The Kier molecular flexibility index (Phi) is 2.53. The number of hydrogen-bond donors (Lipinski definition) is 0. The molecule has 0 amide bonds. The molecule has 5 heteroatoms. The molecule has 0 atom stereocenters. The number of Topliss-reactive ketones (excluding diaryl/α,β-unsaturated/α-hetero) is 1. The zero-order valence-electron chi connectivity index (χ0n) is 7.28. The van der Waals surface area contributed by atoms with Gasteiger partial charge in [-0.3, -0.25) is 4.79 Å². The number of hydrogen-bond acceptors (Lipinski definition) is 3. The van der Waals surface area contributed by atoms with Crippen molar-refractivity contribution in [2.24, 2.45) is 0 Å². The van der Waals surface area contributed by atoms with E-state index < -0.39 is 10.0 Å². The standard InChI is InChI=1S/C7H13NO3S/c1-6(2)8-4-3-7(9)5-12(8,10)11/h6H,3-5H2,1-2H3. The zero-order valence-corrected chi connectivity index (χ0v) is 8.10. The summed E-state index contributed by atoms with van der Waals surface area (Å²) in [5.41, 5.74) is 0. The lowest BCUT2D eigenvalue weighted by molar-refractivity contribution is -0.117. The van der Waals surface area contributed by atoms with Crippen molar-refractivity contribution >= 4 is 15.8 Å². The van der Waals surface area contributed by atoms with Gasteiger partial charge in [0.2, 0.25) is 10.0 Å². The van der Waals surface area contributed by atoms with Crippen LogP contribution in [0.4, 0.5) is 0 Å². The van der Waals surface area contributed by atoms with Crippen molar-refractivity contribution in [3.63, 3.8) is 0 Å². The molecule has 1 heterocycles.